The van der Waals surface area contributed by atoms with Crippen molar-refractivity contribution in [1.82, 2.24) is 0 Å². The zero-order valence-corrected chi connectivity index (χ0v) is 17.4. The SMILES string of the molecule is COC(=O)c1ccc(C2CC(=NOCc3ccccc3)c3ccc(OC)cc3O2)cc1. The Morgan fingerprint density at radius 3 is 2.52 bits per heavy atom. The van der Waals surface area contributed by atoms with Crippen LogP contribution in [-0.4, -0.2) is 25.9 Å². The molecule has 0 saturated heterocycles. The number of fused-ring (bicyclic) bond motifs is 1. The van der Waals surface area contributed by atoms with Crippen molar-refractivity contribution in [1.29, 1.82) is 0 Å². The number of carbonyl (C=O) groups excluding carboxylic acids is 1. The first kappa shape index (κ1) is 20.5. The third-order valence-electron chi connectivity index (χ3n) is 5.10. The Bertz CT molecular complexity index is 1080. The van der Waals surface area contributed by atoms with Crippen molar-refractivity contribution in [2.45, 2.75) is 19.1 Å². The predicted octanol–water partition coefficient (Wildman–Crippen LogP) is 4.93. The highest BCUT2D eigenvalue weighted by molar-refractivity contribution is 6.04. The van der Waals surface area contributed by atoms with Gasteiger partial charge in [0.1, 0.15) is 24.2 Å². The summed E-state index contributed by atoms with van der Waals surface area (Å²) < 4.78 is 16.4. The fourth-order valence-corrected chi connectivity index (χ4v) is 3.43. The molecule has 6 nitrogen and oxygen atoms in total. The van der Waals surface area contributed by atoms with Gasteiger partial charge in [0.05, 0.1) is 25.5 Å². The lowest BCUT2D eigenvalue weighted by Gasteiger charge is -2.27. The molecule has 6 heteroatoms. The molecule has 0 spiro atoms. The summed E-state index contributed by atoms with van der Waals surface area (Å²) in [6.45, 7) is 0.384. The van der Waals surface area contributed by atoms with Gasteiger partial charge in [-0.05, 0) is 35.4 Å². The van der Waals surface area contributed by atoms with E-state index >= 15 is 0 Å². The van der Waals surface area contributed by atoms with Crippen molar-refractivity contribution in [3.8, 4) is 11.5 Å². The number of oxime groups is 1. The fraction of sp³-hybridized carbons (Fsp3) is 0.200. The Morgan fingerprint density at radius 1 is 1.03 bits per heavy atom. The van der Waals surface area contributed by atoms with Gasteiger partial charge in [0.25, 0.3) is 0 Å². The first-order chi connectivity index (χ1) is 15.2. The van der Waals surface area contributed by atoms with Crippen molar-refractivity contribution in [3.05, 3.63) is 95.1 Å². The zero-order valence-electron chi connectivity index (χ0n) is 17.4. The quantitative estimate of drug-likeness (QED) is 0.420. The molecule has 3 aromatic rings. The van der Waals surface area contributed by atoms with Crippen LogP contribution in [0.15, 0.2) is 78.0 Å². The molecule has 1 aliphatic rings. The highest BCUT2D eigenvalue weighted by Crippen LogP contribution is 2.37. The normalized spacial score (nSPS) is 16.2. The van der Waals surface area contributed by atoms with E-state index in [-0.39, 0.29) is 12.1 Å². The van der Waals surface area contributed by atoms with Gasteiger partial charge in [0.2, 0.25) is 0 Å². The van der Waals surface area contributed by atoms with Crippen molar-refractivity contribution >= 4 is 11.7 Å². The van der Waals surface area contributed by atoms with E-state index in [4.69, 9.17) is 19.0 Å². The molecule has 158 valence electrons. The largest absolute Gasteiger partial charge is 0.497 e. The lowest BCUT2D eigenvalue weighted by molar-refractivity contribution is 0.0600. The van der Waals surface area contributed by atoms with E-state index in [2.05, 4.69) is 5.16 Å². The zero-order chi connectivity index (χ0) is 21.6. The van der Waals surface area contributed by atoms with Gasteiger partial charge < -0.3 is 19.0 Å². The molecule has 0 saturated carbocycles. The number of benzene rings is 3. The average molecular weight is 417 g/mol. The standard InChI is InChI=1S/C25H23NO5/c1-28-20-12-13-21-22(26-30-16-17-6-4-3-5-7-17)15-23(31-24(21)14-20)18-8-10-19(11-9-18)25(27)29-2/h3-14,23H,15-16H2,1-2H3. The first-order valence-corrected chi connectivity index (χ1v) is 9.94. The van der Waals surface area contributed by atoms with Gasteiger partial charge in [-0.15, -0.1) is 0 Å². The van der Waals surface area contributed by atoms with Gasteiger partial charge in [-0.1, -0.05) is 47.6 Å². The van der Waals surface area contributed by atoms with Crippen LogP contribution in [0.2, 0.25) is 0 Å². The summed E-state index contributed by atoms with van der Waals surface area (Å²) in [6, 6.07) is 22.7. The molecule has 1 atom stereocenters. The molecule has 0 fully saturated rings. The lowest BCUT2D eigenvalue weighted by Crippen LogP contribution is -2.21. The third kappa shape index (κ3) is 4.69. The maximum Gasteiger partial charge on any atom is 0.337 e. The Balaban J connectivity index is 1.60. The van der Waals surface area contributed by atoms with E-state index < -0.39 is 0 Å². The van der Waals surface area contributed by atoms with Crippen molar-refractivity contribution in [2.24, 2.45) is 5.16 Å². The van der Waals surface area contributed by atoms with Crippen LogP contribution >= 0.6 is 0 Å². The van der Waals surface area contributed by atoms with E-state index in [1.54, 1.807) is 19.2 Å². The van der Waals surface area contributed by atoms with Crippen LogP contribution in [0.3, 0.4) is 0 Å². The summed E-state index contributed by atoms with van der Waals surface area (Å²) in [4.78, 5) is 17.4. The molecule has 0 aliphatic carbocycles. The Morgan fingerprint density at radius 2 is 1.81 bits per heavy atom. The van der Waals surface area contributed by atoms with Gasteiger partial charge in [-0.3, -0.25) is 0 Å². The van der Waals surface area contributed by atoms with Crippen LogP contribution in [0.1, 0.15) is 39.6 Å². The molecular weight excluding hydrogens is 394 g/mol. The van der Waals surface area contributed by atoms with Crippen molar-refractivity contribution < 1.29 is 23.8 Å². The Labute approximate surface area is 181 Å². The molecule has 0 bridgehead atoms. The lowest BCUT2D eigenvalue weighted by atomic mass is 9.95. The van der Waals surface area contributed by atoms with E-state index in [9.17, 15) is 4.79 Å². The van der Waals surface area contributed by atoms with Crippen molar-refractivity contribution in [2.75, 3.05) is 14.2 Å². The number of carbonyl (C=O) groups is 1. The van der Waals surface area contributed by atoms with Gasteiger partial charge in [0.15, 0.2) is 0 Å². The summed E-state index contributed by atoms with van der Waals surface area (Å²) >= 11 is 0. The number of rotatable bonds is 6. The summed E-state index contributed by atoms with van der Waals surface area (Å²) in [5, 5.41) is 4.43. The predicted molar refractivity (Wildman–Crippen MR) is 117 cm³/mol. The number of ether oxygens (including phenoxy) is 3. The van der Waals surface area contributed by atoms with Crippen LogP contribution in [0.5, 0.6) is 11.5 Å². The molecule has 1 aliphatic heterocycles. The first-order valence-electron chi connectivity index (χ1n) is 9.94. The number of methoxy groups -OCH3 is 2. The van der Waals surface area contributed by atoms with E-state index in [1.165, 1.54) is 7.11 Å². The summed E-state index contributed by atoms with van der Waals surface area (Å²) in [5.74, 6) is 1.00. The molecule has 0 aromatic heterocycles. The molecular formula is C25H23NO5. The Hall–Kier alpha value is -3.80. The summed E-state index contributed by atoms with van der Waals surface area (Å²) in [6.07, 6.45) is 0.261. The van der Waals surface area contributed by atoms with Crippen LogP contribution in [0.25, 0.3) is 0 Å². The second kappa shape index (κ2) is 9.34. The minimum Gasteiger partial charge on any atom is -0.497 e. The summed E-state index contributed by atoms with van der Waals surface area (Å²) in [5.41, 5.74) is 4.13. The van der Waals surface area contributed by atoms with Crippen LogP contribution in [0, 0.1) is 0 Å². The van der Waals surface area contributed by atoms with E-state index in [0.29, 0.717) is 30.1 Å². The van der Waals surface area contributed by atoms with Crippen LogP contribution < -0.4 is 9.47 Å². The van der Waals surface area contributed by atoms with Crippen LogP contribution in [-0.2, 0) is 16.2 Å². The molecule has 1 unspecified atom stereocenters. The molecule has 3 aromatic carbocycles. The van der Waals surface area contributed by atoms with Gasteiger partial charge in [-0.2, -0.15) is 0 Å². The number of hydrogen-bond donors (Lipinski definition) is 0. The minimum atomic E-state index is -0.372. The monoisotopic (exact) mass is 417 g/mol. The summed E-state index contributed by atoms with van der Waals surface area (Å²) in [7, 11) is 2.98. The Kier molecular flexibility index (Phi) is 6.17. The second-order valence-electron chi connectivity index (χ2n) is 7.08. The minimum absolute atomic E-state index is 0.273. The highest BCUT2D eigenvalue weighted by Gasteiger charge is 2.27. The van der Waals surface area contributed by atoms with Gasteiger partial charge >= 0.3 is 5.97 Å². The molecule has 0 amide bonds. The third-order valence-corrected chi connectivity index (χ3v) is 5.10. The maximum absolute atomic E-state index is 11.7. The molecule has 31 heavy (non-hydrogen) atoms. The average Bonchev–Trinajstić information content (AvgIpc) is 2.83. The van der Waals surface area contributed by atoms with Gasteiger partial charge in [-0.25, -0.2) is 4.79 Å². The van der Waals surface area contributed by atoms with Crippen molar-refractivity contribution in [3.63, 3.8) is 0 Å². The van der Waals surface area contributed by atoms with E-state index in [1.807, 2.05) is 60.7 Å². The highest BCUT2D eigenvalue weighted by atomic mass is 16.6. The molecule has 4 rings (SSSR count). The fourth-order valence-electron chi connectivity index (χ4n) is 3.43. The maximum atomic E-state index is 11.7. The molecule has 1 heterocycles. The van der Waals surface area contributed by atoms with Gasteiger partial charge in [0, 0.05) is 18.1 Å². The smallest absolute Gasteiger partial charge is 0.337 e. The topological polar surface area (TPSA) is 66.4 Å². The number of nitrogens with zero attached hydrogens (tertiary/aromatic N) is 1. The number of esters is 1. The number of hydrogen-bond acceptors (Lipinski definition) is 6. The van der Waals surface area contributed by atoms with Crippen LogP contribution in [0.4, 0.5) is 0 Å². The van der Waals surface area contributed by atoms with E-state index in [0.717, 1.165) is 22.4 Å². The second-order valence-corrected chi connectivity index (χ2v) is 7.08. The molecule has 0 radical (unpaired) electrons. The molecule has 0 N–H and O–H groups in total.